The number of carbonyl (C=O) groups excluding carboxylic acids is 2. The molecule has 7 rings (SSSR count). The number of hydrogen-bond donors (Lipinski definition) is 0. The topological polar surface area (TPSA) is 88.2 Å². The van der Waals surface area contributed by atoms with Crippen molar-refractivity contribution in [2.75, 3.05) is 9.80 Å². The number of rotatable bonds is 6. The van der Waals surface area contributed by atoms with Crippen LogP contribution in [0.15, 0.2) is 167 Å². The van der Waals surface area contributed by atoms with Crippen LogP contribution in [0.1, 0.15) is 24.0 Å². The van der Waals surface area contributed by atoms with Gasteiger partial charge in [0.25, 0.3) is 0 Å². The first-order valence-electron chi connectivity index (χ1n) is 16.2. The molecule has 256 valence electrons. The van der Waals surface area contributed by atoms with Crippen LogP contribution in [0, 0.1) is 22.7 Å². The Hall–Kier alpha value is -5.32. The van der Waals surface area contributed by atoms with Gasteiger partial charge in [-0.3, -0.25) is 9.59 Å². The molecule has 0 unspecified atom stereocenters. The molecule has 9 heteroatoms. The van der Waals surface area contributed by atoms with Gasteiger partial charge in [-0.1, -0.05) is 96.3 Å². The first-order valence-corrected chi connectivity index (χ1v) is 18.7. The van der Waals surface area contributed by atoms with Gasteiger partial charge in [0, 0.05) is 55.9 Å². The molecule has 0 atom stereocenters. The lowest BCUT2D eigenvalue weighted by molar-refractivity contribution is -0.120. The van der Waals surface area contributed by atoms with Crippen LogP contribution in [-0.2, 0) is 9.59 Å². The molecule has 0 saturated heterocycles. The summed E-state index contributed by atoms with van der Waals surface area (Å²) in [7, 11) is 0. The van der Waals surface area contributed by atoms with Crippen molar-refractivity contribution in [3.05, 3.63) is 178 Å². The van der Waals surface area contributed by atoms with E-state index < -0.39 is 4.83 Å². The summed E-state index contributed by atoms with van der Waals surface area (Å²) in [6.07, 6.45) is 0.851. The predicted octanol–water partition coefficient (Wildman–Crippen LogP) is 12.3. The van der Waals surface area contributed by atoms with E-state index in [2.05, 4.69) is 94.0 Å². The summed E-state index contributed by atoms with van der Waals surface area (Å²) < 4.78 is 2.06. The third-order valence-electron chi connectivity index (χ3n) is 7.85. The highest BCUT2D eigenvalue weighted by Crippen LogP contribution is 2.36. The molecule has 1 aliphatic carbocycles. The smallest absolute Gasteiger partial charge is 0.154 e. The molecule has 1 aliphatic rings. The van der Waals surface area contributed by atoms with Crippen molar-refractivity contribution in [1.82, 2.24) is 0 Å². The van der Waals surface area contributed by atoms with Crippen LogP contribution >= 0.6 is 47.8 Å². The van der Waals surface area contributed by atoms with Gasteiger partial charge in [-0.2, -0.15) is 10.5 Å². The molecule has 0 N–H and O–H groups in total. The van der Waals surface area contributed by atoms with Crippen molar-refractivity contribution in [3.63, 3.8) is 0 Å². The van der Waals surface area contributed by atoms with Crippen molar-refractivity contribution in [2.24, 2.45) is 0 Å². The third-order valence-corrected chi connectivity index (χ3v) is 9.93. The minimum absolute atomic E-state index is 0.0231. The summed E-state index contributed by atoms with van der Waals surface area (Å²) >= 11 is 9.91. The molecule has 6 aromatic carbocycles. The van der Waals surface area contributed by atoms with Gasteiger partial charge in [0.15, 0.2) is 11.6 Å². The molecule has 52 heavy (non-hydrogen) atoms. The Bertz CT molecular complexity index is 2100. The molecule has 6 aromatic rings. The minimum atomic E-state index is -0.484. The van der Waals surface area contributed by atoms with Crippen molar-refractivity contribution < 1.29 is 9.59 Å². The summed E-state index contributed by atoms with van der Waals surface area (Å²) in [5.74, 6) is 0.0463. The number of Topliss-reactive ketones (excluding diaryl/α,β-unsaturated/α-hetero) is 2. The normalized spacial score (nSPS) is 11.9. The number of halogens is 3. The molecule has 0 bridgehead atoms. The second kappa shape index (κ2) is 18.8. The lowest BCUT2D eigenvalue weighted by atomic mass is 10.1. The fourth-order valence-electron chi connectivity index (χ4n) is 5.34. The van der Waals surface area contributed by atoms with E-state index in [1.807, 2.05) is 133 Å². The van der Waals surface area contributed by atoms with Gasteiger partial charge in [0.05, 0.1) is 23.3 Å². The van der Waals surface area contributed by atoms with Crippen LogP contribution in [0.25, 0.3) is 0 Å². The number of benzene rings is 6. The summed E-state index contributed by atoms with van der Waals surface area (Å²) in [6.45, 7) is 0. The quantitative estimate of drug-likeness (QED) is 0.122. The molecule has 0 aromatic heterocycles. The largest absolute Gasteiger partial charge is 0.310 e. The monoisotopic (exact) mass is 872 g/mol. The van der Waals surface area contributed by atoms with E-state index in [0.717, 1.165) is 43.1 Å². The number of nitriles is 2. The summed E-state index contributed by atoms with van der Waals surface area (Å²) in [5.41, 5.74) is 7.43. The van der Waals surface area contributed by atoms with Crippen molar-refractivity contribution in [3.8, 4) is 12.1 Å². The second-order valence-corrected chi connectivity index (χ2v) is 14.2. The number of nitrogens with zero attached hydrogens (tertiary/aromatic N) is 4. The number of ketones is 2. The lowest BCUT2D eigenvalue weighted by Gasteiger charge is -2.25. The van der Waals surface area contributed by atoms with Crippen molar-refractivity contribution in [2.45, 2.75) is 17.7 Å². The predicted molar refractivity (Wildman–Crippen MR) is 219 cm³/mol. The van der Waals surface area contributed by atoms with Crippen molar-refractivity contribution in [1.29, 1.82) is 10.5 Å². The standard InChI is InChI=1S/C19H12Br2N2.C19H14N2.C5H5BrO2/c20-15-4-8-17(9-5-15)23(18-10-6-16(21)7-11-18)19-3-1-2-14(12-19)13-22;20-15-16-8-7-13-19(14-16)21(17-9-3-1-4-10-17)18-11-5-2-6-12-18;6-5-3(7)1-2-4(5)8/h1-12H;1-14H;5H,1-2H2. The molecule has 6 nitrogen and oxygen atoms in total. The Balaban J connectivity index is 0.000000167. The van der Waals surface area contributed by atoms with Gasteiger partial charge in [0.1, 0.15) is 4.83 Å². The fourth-order valence-corrected chi connectivity index (χ4v) is 6.32. The number of anilines is 6. The van der Waals surface area contributed by atoms with Crippen LogP contribution in [-0.4, -0.2) is 16.4 Å². The Kier molecular flexibility index (Phi) is 13.7. The molecule has 1 fully saturated rings. The molecule has 0 heterocycles. The highest BCUT2D eigenvalue weighted by atomic mass is 79.9. The summed E-state index contributed by atoms with van der Waals surface area (Å²) in [5, 5.41) is 18.3. The van der Waals surface area contributed by atoms with E-state index in [1.54, 1.807) is 0 Å². The fraction of sp³-hybridized carbons (Fsp3) is 0.0698. The zero-order valence-electron chi connectivity index (χ0n) is 27.7. The average molecular weight is 875 g/mol. The molecule has 0 amide bonds. The van der Waals surface area contributed by atoms with Gasteiger partial charge in [-0.25, -0.2) is 0 Å². The molecule has 0 spiro atoms. The van der Waals surface area contributed by atoms with E-state index in [9.17, 15) is 14.9 Å². The Morgan fingerprint density at radius 2 is 0.788 bits per heavy atom. The third kappa shape index (κ3) is 10.1. The van der Waals surface area contributed by atoms with E-state index in [1.165, 1.54) is 0 Å². The lowest BCUT2D eigenvalue weighted by Crippen LogP contribution is -2.11. The zero-order valence-corrected chi connectivity index (χ0v) is 32.5. The van der Waals surface area contributed by atoms with E-state index in [4.69, 9.17) is 5.26 Å². The van der Waals surface area contributed by atoms with Crippen LogP contribution < -0.4 is 9.80 Å². The maximum atomic E-state index is 10.5. The molecule has 0 radical (unpaired) electrons. The number of carbonyl (C=O) groups is 2. The van der Waals surface area contributed by atoms with Crippen molar-refractivity contribution >= 4 is 93.5 Å². The Morgan fingerprint density at radius 1 is 0.462 bits per heavy atom. The molecule has 0 aliphatic heterocycles. The first-order chi connectivity index (χ1) is 25.3. The summed E-state index contributed by atoms with van der Waals surface area (Å²) in [6, 6.07) is 56.2. The molecular formula is C43H31Br3N4O2. The molecular weight excluding hydrogens is 844 g/mol. The van der Waals surface area contributed by atoms with Crippen LogP contribution in [0.4, 0.5) is 34.1 Å². The Morgan fingerprint density at radius 3 is 1.10 bits per heavy atom. The molecule has 1 saturated carbocycles. The second-order valence-electron chi connectivity index (χ2n) is 11.4. The highest BCUT2D eigenvalue weighted by molar-refractivity contribution is 9.11. The van der Waals surface area contributed by atoms with Gasteiger partial charge in [0.2, 0.25) is 0 Å². The number of para-hydroxylation sites is 2. The maximum Gasteiger partial charge on any atom is 0.154 e. The van der Waals surface area contributed by atoms with E-state index >= 15 is 0 Å². The highest BCUT2D eigenvalue weighted by Gasteiger charge is 2.29. The number of hydrogen-bond acceptors (Lipinski definition) is 6. The SMILES string of the molecule is N#Cc1cccc(N(c2ccc(Br)cc2)c2ccc(Br)cc2)c1.N#Cc1cccc(N(c2ccccc2)c2ccccc2)c1.O=C1CCC(=O)C1Br. The van der Waals surface area contributed by atoms with Gasteiger partial charge in [-0.15, -0.1) is 0 Å². The Labute approximate surface area is 329 Å². The van der Waals surface area contributed by atoms with E-state index in [-0.39, 0.29) is 11.6 Å². The van der Waals surface area contributed by atoms with Gasteiger partial charge >= 0.3 is 0 Å². The maximum absolute atomic E-state index is 10.5. The van der Waals surface area contributed by atoms with Crippen LogP contribution in [0.3, 0.4) is 0 Å². The zero-order chi connectivity index (χ0) is 36.9. The van der Waals surface area contributed by atoms with Gasteiger partial charge < -0.3 is 9.80 Å². The van der Waals surface area contributed by atoms with Crippen LogP contribution in [0.5, 0.6) is 0 Å². The average Bonchev–Trinajstić information content (AvgIpc) is 3.48. The van der Waals surface area contributed by atoms with E-state index in [0.29, 0.717) is 24.0 Å². The van der Waals surface area contributed by atoms with Crippen LogP contribution in [0.2, 0.25) is 0 Å². The summed E-state index contributed by atoms with van der Waals surface area (Å²) in [4.78, 5) is 24.8. The number of alkyl halides is 1. The first kappa shape index (κ1) is 37.9. The minimum Gasteiger partial charge on any atom is -0.310 e. The van der Waals surface area contributed by atoms with Gasteiger partial charge in [-0.05, 0) is 109 Å².